The number of hydrogen-bond acceptors (Lipinski definition) is 5. The molecule has 1 aromatic heterocycles. The van der Waals surface area contributed by atoms with Gasteiger partial charge in [0.05, 0.1) is 25.0 Å². The van der Waals surface area contributed by atoms with Crippen LogP contribution in [0.4, 0.5) is 0 Å². The van der Waals surface area contributed by atoms with E-state index in [2.05, 4.69) is 15.3 Å². The lowest BCUT2D eigenvalue weighted by Gasteiger charge is -2.48. The van der Waals surface area contributed by atoms with Gasteiger partial charge in [-0.15, -0.1) is 0 Å². The van der Waals surface area contributed by atoms with Crippen molar-refractivity contribution >= 4 is 5.91 Å². The molecule has 1 aliphatic carbocycles. The van der Waals surface area contributed by atoms with Crippen LogP contribution in [-0.2, 0) is 16.1 Å². The Labute approximate surface area is 142 Å². The van der Waals surface area contributed by atoms with E-state index < -0.39 is 0 Å². The molecule has 1 saturated heterocycles. The first-order chi connectivity index (χ1) is 11.7. The summed E-state index contributed by atoms with van der Waals surface area (Å²) in [5.41, 5.74) is 0.541. The summed E-state index contributed by atoms with van der Waals surface area (Å²) in [5, 5.41) is 16.0. The molecule has 0 radical (unpaired) electrons. The SMILES string of the molecule is N#Cc1cnn(CC(=O)NCC2(N3CCOCC3)CCCCC2)c1. The number of nitrogens with one attached hydrogen (secondary N) is 1. The minimum atomic E-state index is -0.0548. The highest BCUT2D eigenvalue weighted by atomic mass is 16.5. The molecule has 0 bridgehead atoms. The lowest BCUT2D eigenvalue weighted by Crippen LogP contribution is -2.59. The Bertz CT molecular complexity index is 594. The number of hydrogen-bond donors (Lipinski definition) is 1. The first-order valence-corrected chi connectivity index (χ1v) is 8.74. The quantitative estimate of drug-likeness (QED) is 0.867. The largest absolute Gasteiger partial charge is 0.379 e. The molecular weight excluding hydrogens is 306 g/mol. The number of nitrogens with zero attached hydrogens (tertiary/aromatic N) is 4. The molecule has 0 spiro atoms. The molecule has 2 heterocycles. The van der Waals surface area contributed by atoms with Crippen LogP contribution in [0.25, 0.3) is 0 Å². The minimum Gasteiger partial charge on any atom is -0.379 e. The lowest BCUT2D eigenvalue weighted by molar-refractivity contribution is -0.123. The molecule has 7 heteroatoms. The molecule has 130 valence electrons. The number of rotatable bonds is 5. The number of nitriles is 1. The van der Waals surface area contributed by atoms with E-state index in [0.29, 0.717) is 12.1 Å². The molecular formula is C17H25N5O2. The maximum absolute atomic E-state index is 12.3. The monoisotopic (exact) mass is 331 g/mol. The van der Waals surface area contributed by atoms with Crippen LogP contribution in [-0.4, -0.2) is 59.0 Å². The second-order valence-corrected chi connectivity index (χ2v) is 6.70. The van der Waals surface area contributed by atoms with Gasteiger partial charge in [0, 0.05) is 31.4 Å². The van der Waals surface area contributed by atoms with Crippen LogP contribution in [0.1, 0.15) is 37.7 Å². The number of carbonyl (C=O) groups is 1. The summed E-state index contributed by atoms with van der Waals surface area (Å²) >= 11 is 0. The van der Waals surface area contributed by atoms with Crippen LogP contribution in [0.15, 0.2) is 12.4 Å². The Morgan fingerprint density at radius 3 is 2.75 bits per heavy atom. The van der Waals surface area contributed by atoms with Crippen LogP contribution >= 0.6 is 0 Å². The van der Waals surface area contributed by atoms with Gasteiger partial charge in [-0.2, -0.15) is 10.4 Å². The smallest absolute Gasteiger partial charge is 0.241 e. The van der Waals surface area contributed by atoms with Crippen molar-refractivity contribution in [3.63, 3.8) is 0 Å². The first kappa shape index (κ1) is 16.9. The minimum absolute atomic E-state index is 0.0548. The number of ether oxygens (including phenoxy) is 1. The van der Waals surface area contributed by atoms with E-state index >= 15 is 0 Å². The fourth-order valence-corrected chi connectivity index (χ4v) is 3.83. The number of amides is 1. The first-order valence-electron chi connectivity index (χ1n) is 8.74. The number of carbonyl (C=O) groups excluding carboxylic acids is 1. The second kappa shape index (κ2) is 7.77. The van der Waals surface area contributed by atoms with Crippen molar-refractivity contribution in [2.24, 2.45) is 0 Å². The van der Waals surface area contributed by atoms with Crippen molar-refractivity contribution < 1.29 is 9.53 Å². The molecule has 1 N–H and O–H groups in total. The Kier molecular flexibility index (Phi) is 5.48. The van der Waals surface area contributed by atoms with Gasteiger partial charge in [-0.05, 0) is 12.8 Å². The highest BCUT2D eigenvalue weighted by molar-refractivity contribution is 5.75. The average molecular weight is 331 g/mol. The summed E-state index contributed by atoms with van der Waals surface area (Å²) in [5.74, 6) is -0.0548. The molecule has 1 aromatic rings. The Morgan fingerprint density at radius 2 is 2.08 bits per heavy atom. The van der Waals surface area contributed by atoms with Crippen molar-refractivity contribution in [3.8, 4) is 6.07 Å². The molecule has 24 heavy (non-hydrogen) atoms. The standard InChI is InChI=1S/C17H25N5O2/c18-10-15-11-20-22(12-15)13-16(23)19-14-17(4-2-1-3-5-17)21-6-8-24-9-7-21/h11-12H,1-9,13-14H2,(H,19,23). The molecule has 3 rings (SSSR count). The van der Waals surface area contributed by atoms with Crippen molar-refractivity contribution in [1.29, 1.82) is 5.26 Å². The summed E-state index contributed by atoms with van der Waals surface area (Å²) in [6.45, 7) is 4.28. The van der Waals surface area contributed by atoms with Crippen LogP contribution in [0.5, 0.6) is 0 Å². The molecule has 0 atom stereocenters. The van der Waals surface area contributed by atoms with Gasteiger partial charge < -0.3 is 10.1 Å². The highest BCUT2D eigenvalue weighted by Crippen LogP contribution is 2.33. The molecule has 0 aromatic carbocycles. The van der Waals surface area contributed by atoms with Gasteiger partial charge in [0.2, 0.25) is 5.91 Å². The van der Waals surface area contributed by atoms with E-state index in [0.717, 1.165) is 39.1 Å². The van der Waals surface area contributed by atoms with Gasteiger partial charge in [0.1, 0.15) is 12.6 Å². The lowest BCUT2D eigenvalue weighted by atomic mass is 9.79. The van der Waals surface area contributed by atoms with Crippen LogP contribution in [0, 0.1) is 11.3 Å². The van der Waals surface area contributed by atoms with Gasteiger partial charge in [0.25, 0.3) is 0 Å². The zero-order valence-corrected chi connectivity index (χ0v) is 14.0. The predicted molar refractivity (Wildman–Crippen MR) is 88.2 cm³/mol. The maximum atomic E-state index is 12.3. The van der Waals surface area contributed by atoms with Gasteiger partial charge in [0.15, 0.2) is 0 Å². The van der Waals surface area contributed by atoms with E-state index in [9.17, 15) is 4.79 Å². The van der Waals surface area contributed by atoms with E-state index in [1.54, 1.807) is 6.20 Å². The normalized spacial score (nSPS) is 21.1. The highest BCUT2D eigenvalue weighted by Gasteiger charge is 2.38. The molecule has 0 unspecified atom stereocenters. The molecule has 1 saturated carbocycles. The Balaban J connectivity index is 1.58. The fourth-order valence-electron chi connectivity index (χ4n) is 3.83. The fraction of sp³-hybridized carbons (Fsp3) is 0.706. The van der Waals surface area contributed by atoms with Crippen molar-refractivity contribution in [2.75, 3.05) is 32.8 Å². The van der Waals surface area contributed by atoms with Crippen LogP contribution in [0.2, 0.25) is 0 Å². The second-order valence-electron chi connectivity index (χ2n) is 6.70. The molecule has 2 fully saturated rings. The third kappa shape index (κ3) is 3.94. The maximum Gasteiger partial charge on any atom is 0.241 e. The third-order valence-electron chi connectivity index (χ3n) is 5.15. The van der Waals surface area contributed by atoms with Gasteiger partial charge in [-0.25, -0.2) is 0 Å². The van der Waals surface area contributed by atoms with Crippen molar-refractivity contribution in [2.45, 2.75) is 44.2 Å². The predicted octanol–water partition coefficient (Wildman–Crippen LogP) is 0.906. The molecule has 2 aliphatic rings. The summed E-state index contributed by atoms with van der Waals surface area (Å²) in [7, 11) is 0. The van der Waals surface area contributed by atoms with Gasteiger partial charge >= 0.3 is 0 Å². The van der Waals surface area contributed by atoms with Crippen LogP contribution in [0.3, 0.4) is 0 Å². The third-order valence-corrected chi connectivity index (χ3v) is 5.15. The molecule has 1 aliphatic heterocycles. The zero-order valence-electron chi connectivity index (χ0n) is 14.0. The Hall–Kier alpha value is -1.91. The van der Waals surface area contributed by atoms with E-state index in [4.69, 9.17) is 10.00 Å². The van der Waals surface area contributed by atoms with Crippen molar-refractivity contribution in [3.05, 3.63) is 18.0 Å². The van der Waals surface area contributed by atoms with E-state index in [1.165, 1.54) is 30.1 Å². The Morgan fingerprint density at radius 1 is 1.33 bits per heavy atom. The average Bonchev–Trinajstić information content (AvgIpc) is 3.09. The van der Waals surface area contributed by atoms with Crippen LogP contribution < -0.4 is 5.32 Å². The summed E-state index contributed by atoms with van der Waals surface area (Å²) in [6.07, 6.45) is 9.06. The summed E-state index contributed by atoms with van der Waals surface area (Å²) < 4.78 is 7.00. The summed E-state index contributed by atoms with van der Waals surface area (Å²) in [4.78, 5) is 14.8. The topological polar surface area (TPSA) is 83.2 Å². The zero-order chi connectivity index (χ0) is 16.8. The molecule has 7 nitrogen and oxygen atoms in total. The summed E-state index contributed by atoms with van der Waals surface area (Å²) in [6, 6.07) is 2.02. The van der Waals surface area contributed by atoms with Gasteiger partial charge in [-0.3, -0.25) is 14.4 Å². The number of aromatic nitrogens is 2. The number of morpholine rings is 1. The van der Waals surface area contributed by atoms with Crippen molar-refractivity contribution in [1.82, 2.24) is 20.0 Å². The molecule has 1 amide bonds. The van der Waals surface area contributed by atoms with E-state index in [1.807, 2.05) is 6.07 Å². The van der Waals surface area contributed by atoms with Gasteiger partial charge in [-0.1, -0.05) is 19.3 Å². The van der Waals surface area contributed by atoms with E-state index in [-0.39, 0.29) is 18.0 Å².